The first-order valence-corrected chi connectivity index (χ1v) is 13.8. The van der Waals surface area contributed by atoms with E-state index in [1.54, 1.807) is 30.6 Å². The van der Waals surface area contributed by atoms with Crippen molar-refractivity contribution in [1.82, 2.24) is 15.2 Å². The van der Waals surface area contributed by atoms with Gasteiger partial charge in [-0.15, -0.1) is 6.42 Å². The van der Waals surface area contributed by atoms with Crippen LogP contribution in [0.5, 0.6) is 0 Å². The number of halogens is 1. The second kappa shape index (κ2) is 13.5. The van der Waals surface area contributed by atoms with E-state index in [1.807, 2.05) is 4.90 Å². The van der Waals surface area contributed by atoms with Gasteiger partial charge >= 0.3 is 5.97 Å². The van der Waals surface area contributed by atoms with Crippen molar-refractivity contribution in [2.75, 3.05) is 26.2 Å². The molecule has 1 aromatic carbocycles. The second-order valence-electron chi connectivity index (χ2n) is 10.7. The number of amides is 1. The monoisotopic (exact) mass is 532 g/mol. The maximum atomic E-state index is 13.9. The van der Waals surface area contributed by atoms with Crippen molar-refractivity contribution in [1.29, 1.82) is 0 Å². The lowest BCUT2D eigenvalue weighted by Gasteiger charge is -2.33. The van der Waals surface area contributed by atoms with Crippen molar-refractivity contribution >= 4 is 17.7 Å². The van der Waals surface area contributed by atoms with Crippen LogP contribution in [-0.4, -0.2) is 58.8 Å². The summed E-state index contributed by atoms with van der Waals surface area (Å²) in [5.41, 5.74) is 2.07. The van der Waals surface area contributed by atoms with Crippen LogP contribution in [0.15, 0.2) is 36.7 Å². The number of benzene rings is 1. The molecule has 0 saturated carbocycles. The van der Waals surface area contributed by atoms with E-state index in [4.69, 9.17) is 6.42 Å². The number of likely N-dealkylation sites (tertiary alicyclic amines) is 1. The molecular weight excluding hydrogens is 496 g/mol. The summed E-state index contributed by atoms with van der Waals surface area (Å²) < 4.78 is 13.9. The van der Waals surface area contributed by atoms with E-state index in [0.717, 1.165) is 38.8 Å². The molecule has 4 rings (SSSR count). The topological polar surface area (TPSA) is 99.6 Å². The van der Waals surface area contributed by atoms with Crippen LogP contribution in [0.4, 0.5) is 4.39 Å². The Hall–Kier alpha value is -3.57. The zero-order valence-electron chi connectivity index (χ0n) is 22.2. The summed E-state index contributed by atoms with van der Waals surface area (Å²) >= 11 is 0. The number of nitrogens with zero attached hydrogens (tertiary/aromatic N) is 2. The number of hydrogen-bond acceptors (Lipinski definition) is 5. The minimum Gasteiger partial charge on any atom is -0.481 e. The van der Waals surface area contributed by atoms with E-state index < -0.39 is 17.7 Å². The molecule has 3 heterocycles. The number of aliphatic carboxylic acids is 1. The molecule has 2 fully saturated rings. The van der Waals surface area contributed by atoms with Crippen molar-refractivity contribution in [3.8, 4) is 23.5 Å². The first-order chi connectivity index (χ1) is 18.8. The Bertz CT molecular complexity index is 1230. The minimum atomic E-state index is -1.01. The Labute approximate surface area is 229 Å². The molecule has 0 radical (unpaired) electrons. The van der Waals surface area contributed by atoms with Crippen LogP contribution >= 0.6 is 0 Å². The van der Waals surface area contributed by atoms with Gasteiger partial charge in [0.25, 0.3) is 0 Å². The fourth-order valence-corrected chi connectivity index (χ4v) is 5.71. The van der Waals surface area contributed by atoms with E-state index in [9.17, 15) is 23.9 Å². The Morgan fingerprint density at radius 3 is 2.67 bits per heavy atom. The number of piperidine rings is 2. The molecule has 2 aromatic rings. The normalized spacial score (nSPS) is 18.8. The van der Waals surface area contributed by atoms with Gasteiger partial charge in [0.2, 0.25) is 5.91 Å². The number of terminal acetylenes is 1. The van der Waals surface area contributed by atoms with Crippen molar-refractivity contribution in [3.05, 3.63) is 53.6 Å². The van der Waals surface area contributed by atoms with Gasteiger partial charge in [-0.2, -0.15) is 0 Å². The predicted octanol–water partition coefficient (Wildman–Crippen LogP) is 4.40. The number of rotatable bonds is 10. The van der Waals surface area contributed by atoms with Crippen LogP contribution in [0, 0.1) is 30.0 Å². The quantitative estimate of drug-likeness (QED) is 0.440. The molecule has 2 saturated heterocycles. The van der Waals surface area contributed by atoms with Crippen molar-refractivity contribution < 1.29 is 23.9 Å². The van der Waals surface area contributed by atoms with E-state index in [2.05, 4.69) is 16.2 Å². The van der Waals surface area contributed by atoms with Gasteiger partial charge in [-0.05, 0) is 80.4 Å². The molecule has 2 aliphatic rings. The Morgan fingerprint density at radius 1 is 1.13 bits per heavy atom. The maximum Gasteiger partial charge on any atom is 0.303 e. The van der Waals surface area contributed by atoms with Crippen molar-refractivity contribution in [2.24, 2.45) is 11.8 Å². The molecule has 7 nitrogen and oxygen atoms in total. The van der Waals surface area contributed by atoms with E-state index in [0.29, 0.717) is 48.5 Å². The first kappa shape index (κ1) is 28.4. The van der Waals surface area contributed by atoms with Crippen LogP contribution in [0.2, 0.25) is 0 Å². The highest BCUT2D eigenvalue weighted by Crippen LogP contribution is 2.31. The van der Waals surface area contributed by atoms with Crippen LogP contribution in [0.1, 0.15) is 68.4 Å². The largest absolute Gasteiger partial charge is 0.481 e. The zero-order chi connectivity index (χ0) is 27.8. The highest BCUT2D eigenvalue weighted by molar-refractivity contribution is 5.84. The molecule has 2 aliphatic heterocycles. The van der Waals surface area contributed by atoms with Gasteiger partial charge in [-0.25, -0.2) is 4.39 Å². The second-order valence-corrected chi connectivity index (χ2v) is 10.7. The van der Waals surface area contributed by atoms with Crippen LogP contribution in [0.3, 0.4) is 0 Å². The number of nitrogens with one attached hydrogen (secondary N) is 1. The molecule has 0 bridgehead atoms. The van der Waals surface area contributed by atoms with Gasteiger partial charge in [0.05, 0.1) is 12.0 Å². The summed E-state index contributed by atoms with van der Waals surface area (Å²) in [6, 6.07) is 6.22. The smallest absolute Gasteiger partial charge is 0.303 e. The predicted molar refractivity (Wildman–Crippen MR) is 146 cm³/mol. The molecule has 8 heteroatoms. The number of carbonyl (C=O) groups excluding carboxylic acids is 2. The molecule has 0 aliphatic carbocycles. The Kier molecular flexibility index (Phi) is 9.83. The van der Waals surface area contributed by atoms with Crippen molar-refractivity contribution in [2.45, 2.75) is 57.3 Å². The number of carboxylic acids is 1. The fraction of sp³-hybridized carbons (Fsp3) is 0.484. The average molecular weight is 533 g/mol. The molecular formula is C31H36FN3O4. The molecule has 0 spiro atoms. The number of aromatic nitrogens is 1. The third-order valence-corrected chi connectivity index (χ3v) is 8.01. The number of ketones is 1. The molecule has 0 unspecified atom stereocenters. The summed E-state index contributed by atoms with van der Waals surface area (Å²) in [4.78, 5) is 44.1. The fourth-order valence-electron chi connectivity index (χ4n) is 5.71. The van der Waals surface area contributed by atoms with Gasteiger partial charge in [-0.1, -0.05) is 12.0 Å². The lowest BCUT2D eigenvalue weighted by Crippen LogP contribution is -2.42. The van der Waals surface area contributed by atoms with E-state index in [1.165, 1.54) is 6.07 Å². The Morgan fingerprint density at radius 2 is 1.92 bits per heavy atom. The highest BCUT2D eigenvalue weighted by atomic mass is 18.2. The van der Waals surface area contributed by atoms with E-state index in [-0.39, 0.29) is 36.0 Å². The number of pyridine rings is 1. The summed E-state index contributed by atoms with van der Waals surface area (Å²) in [6.45, 7) is 3.07. The zero-order valence-corrected chi connectivity index (χ0v) is 22.2. The number of Topliss-reactive ketones (excluding diaryl/α,β-unsaturated/α-hetero) is 1. The molecule has 206 valence electrons. The third kappa shape index (κ3) is 7.73. The van der Waals surface area contributed by atoms with Gasteiger partial charge in [0.1, 0.15) is 11.6 Å². The first-order valence-electron chi connectivity index (χ1n) is 13.8. The van der Waals surface area contributed by atoms with Crippen LogP contribution in [0.25, 0.3) is 11.1 Å². The lowest BCUT2D eigenvalue weighted by molar-refractivity contribution is -0.137. The van der Waals surface area contributed by atoms with Crippen LogP contribution in [-0.2, 0) is 14.4 Å². The SMILES string of the molecule is C#Cc1cc(-c2cncc([C@H](CC(=O)O)CC(=O)[C@@H]3CCCN(C(=O)CCC4CCNCC4)C3)c2)ccc1[18F]. The molecule has 2 N–H and O–H groups in total. The average Bonchev–Trinajstić information content (AvgIpc) is 2.96. The standard InChI is InChI=1S/C31H36FN3O4/c1-2-22-14-23(6-7-28(22)32)26-15-27(19-34-18-26)25(17-31(38)39)16-29(36)24-4-3-13-35(20-24)30(37)8-5-21-9-11-33-12-10-21/h1,6-7,14-15,18-19,21,24-25,33H,3-5,8-13,16-17,20H2,(H,38,39)/t24-,25+/m1/s1/i32-1. The molecule has 2 atom stereocenters. The summed E-state index contributed by atoms with van der Waals surface area (Å²) in [5, 5.41) is 12.9. The van der Waals surface area contributed by atoms with Gasteiger partial charge in [0, 0.05) is 55.7 Å². The maximum absolute atomic E-state index is 13.9. The summed E-state index contributed by atoms with van der Waals surface area (Å²) in [5.74, 6) is 0.602. The molecule has 1 amide bonds. The number of carbonyl (C=O) groups is 3. The van der Waals surface area contributed by atoms with E-state index >= 15 is 0 Å². The summed E-state index contributed by atoms with van der Waals surface area (Å²) in [6.07, 6.45) is 13.5. The molecule has 39 heavy (non-hydrogen) atoms. The lowest BCUT2D eigenvalue weighted by atomic mass is 9.84. The van der Waals surface area contributed by atoms with Gasteiger partial charge < -0.3 is 15.3 Å². The van der Waals surface area contributed by atoms with Gasteiger partial charge in [-0.3, -0.25) is 19.4 Å². The van der Waals surface area contributed by atoms with Crippen molar-refractivity contribution in [3.63, 3.8) is 0 Å². The highest BCUT2D eigenvalue weighted by Gasteiger charge is 2.31. The summed E-state index contributed by atoms with van der Waals surface area (Å²) in [7, 11) is 0. The van der Waals surface area contributed by atoms with Gasteiger partial charge in [0.15, 0.2) is 0 Å². The van der Waals surface area contributed by atoms with Crippen LogP contribution < -0.4 is 5.32 Å². The third-order valence-electron chi connectivity index (χ3n) is 8.01. The Balaban J connectivity index is 1.42. The number of hydrogen-bond donors (Lipinski definition) is 2. The molecule has 1 aromatic heterocycles. The number of carboxylic acid groups (broad SMARTS) is 1. The minimum absolute atomic E-state index is 0.0288.